The third kappa shape index (κ3) is 2.12. The fraction of sp³-hybridized carbons (Fsp3) is 0.500. The lowest BCUT2D eigenvalue weighted by Crippen LogP contribution is -2.58. The molecule has 1 atom stereocenters. The van der Waals surface area contributed by atoms with Crippen molar-refractivity contribution in [1.82, 2.24) is 4.90 Å². The molecule has 1 amide bonds. The fourth-order valence-electron chi connectivity index (χ4n) is 2.41. The zero-order valence-corrected chi connectivity index (χ0v) is 10.7. The number of hydrogen-bond acceptors (Lipinski definition) is 2. The van der Waals surface area contributed by atoms with Crippen LogP contribution in [0.1, 0.15) is 37.0 Å². The van der Waals surface area contributed by atoms with Crippen molar-refractivity contribution in [1.29, 1.82) is 0 Å². The van der Waals surface area contributed by atoms with Gasteiger partial charge in [-0.3, -0.25) is 4.79 Å². The van der Waals surface area contributed by atoms with Crippen LogP contribution in [-0.2, 0) is 0 Å². The van der Waals surface area contributed by atoms with Gasteiger partial charge in [-0.1, -0.05) is 12.1 Å². The van der Waals surface area contributed by atoms with Crippen LogP contribution in [0.3, 0.4) is 0 Å². The van der Waals surface area contributed by atoms with Crippen molar-refractivity contribution >= 4 is 5.91 Å². The van der Waals surface area contributed by atoms with Crippen LogP contribution in [0.5, 0.6) is 0 Å². The highest BCUT2D eigenvalue weighted by Gasteiger charge is 2.40. The zero-order chi connectivity index (χ0) is 13.3. The number of aliphatic hydroxyl groups is 1. The first-order valence-corrected chi connectivity index (χ1v) is 6.19. The van der Waals surface area contributed by atoms with Crippen molar-refractivity contribution < 1.29 is 14.3 Å². The summed E-state index contributed by atoms with van der Waals surface area (Å²) < 4.78 is 13.6. The highest BCUT2D eigenvalue weighted by atomic mass is 19.1. The summed E-state index contributed by atoms with van der Waals surface area (Å²) in [4.78, 5) is 13.9. The van der Waals surface area contributed by atoms with Crippen molar-refractivity contribution in [3.8, 4) is 0 Å². The molecule has 1 aromatic carbocycles. The molecule has 18 heavy (non-hydrogen) atoms. The van der Waals surface area contributed by atoms with Crippen molar-refractivity contribution in [2.24, 2.45) is 0 Å². The van der Waals surface area contributed by atoms with E-state index in [1.54, 1.807) is 17.0 Å². The normalized spacial score (nSPS) is 22.9. The average molecular weight is 251 g/mol. The fourth-order valence-corrected chi connectivity index (χ4v) is 2.41. The molecule has 0 aromatic heterocycles. The molecule has 98 valence electrons. The van der Waals surface area contributed by atoms with Crippen LogP contribution in [-0.4, -0.2) is 34.1 Å². The van der Waals surface area contributed by atoms with Crippen LogP contribution in [0.15, 0.2) is 24.3 Å². The number of halogens is 1. The number of piperidine rings is 1. The van der Waals surface area contributed by atoms with E-state index in [1.165, 1.54) is 12.1 Å². The van der Waals surface area contributed by atoms with E-state index < -0.39 is 17.5 Å². The number of carbonyl (C=O) groups excluding carboxylic acids is 1. The molecule has 3 nitrogen and oxygen atoms in total. The smallest absolute Gasteiger partial charge is 0.257 e. The number of benzene rings is 1. The first-order valence-electron chi connectivity index (χ1n) is 6.19. The molecule has 0 radical (unpaired) electrons. The Balaban J connectivity index is 2.31. The topological polar surface area (TPSA) is 40.5 Å². The zero-order valence-electron chi connectivity index (χ0n) is 10.7. The minimum atomic E-state index is -0.655. The van der Waals surface area contributed by atoms with Gasteiger partial charge in [0.15, 0.2) is 0 Å². The Kier molecular flexibility index (Phi) is 3.39. The van der Waals surface area contributed by atoms with Crippen LogP contribution in [0, 0.1) is 5.82 Å². The molecule has 4 heteroatoms. The first-order chi connectivity index (χ1) is 8.44. The summed E-state index contributed by atoms with van der Waals surface area (Å²) in [5, 5.41) is 9.98. The molecule has 1 aromatic rings. The highest BCUT2D eigenvalue weighted by molar-refractivity contribution is 5.95. The van der Waals surface area contributed by atoms with Gasteiger partial charge in [0.1, 0.15) is 5.82 Å². The maximum atomic E-state index is 13.6. The molecule has 0 bridgehead atoms. The largest absolute Gasteiger partial charge is 0.391 e. The van der Waals surface area contributed by atoms with Gasteiger partial charge in [0.05, 0.1) is 17.2 Å². The number of amides is 1. The quantitative estimate of drug-likeness (QED) is 0.831. The number of hydrogen-bond donors (Lipinski definition) is 1. The second-order valence-corrected chi connectivity index (χ2v) is 5.25. The molecule has 1 saturated heterocycles. The molecular weight excluding hydrogens is 233 g/mol. The second-order valence-electron chi connectivity index (χ2n) is 5.25. The lowest BCUT2D eigenvalue weighted by molar-refractivity contribution is -0.0309. The maximum absolute atomic E-state index is 13.6. The minimum Gasteiger partial charge on any atom is -0.391 e. The van der Waals surface area contributed by atoms with Crippen molar-refractivity contribution in [3.63, 3.8) is 0 Å². The third-order valence-corrected chi connectivity index (χ3v) is 3.72. The Labute approximate surface area is 106 Å². The van der Waals surface area contributed by atoms with Gasteiger partial charge < -0.3 is 10.0 Å². The van der Waals surface area contributed by atoms with E-state index in [4.69, 9.17) is 0 Å². The Morgan fingerprint density at radius 3 is 2.78 bits per heavy atom. The number of rotatable bonds is 1. The molecular formula is C14H18FNO2. The summed E-state index contributed by atoms with van der Waals surface area (Å²) in [5.74, 6) is -0.866. The van der Waals surface area contributed by atoms with Crippen LogP contribution in [0.2, 0.25) is 0 Å². The number of nitrogens with zero attached hydrogens (tertiary/aromatic N) is 1. The van der Waals surface area contributed by atoms with E-state index >= 15 is 0 Å². The summed E-state index contributed by atoms with van der Waals surface area (Å²) in [5.41, 5.74) is -0.586. The first kappa shape index (κ1) is 13.0. The maximum Gasteiger partial charge on any atom is 0.257 e. The molecule has 1 aliphatic rings. The molecule has 2 rings (SSSR count). The van der Waals surface area contributed by atoms with E-state index in [0.717, 1.165) is 6.42 Å². The number of likely N-dealkylation sites (tertiary alicyclic amines) is 1. The van der Waals surface area contributed by atoms with E-state index in [9.17, 15) is 14.3 Å². The highest BCUT2D eigenvalue weighted by Crippen LogP contribution is 2.29. The SMILES string of the molecule is CC1(C)C(O)CCCN1C(=O)c1ccccc1F. The third-order valence-electron chi connectivity index (χ3n) is 3.72. The molecule has 1 fully saturated rings. The summed E-state index contributed by atoms with van der Waals surface area (Å²) in [6, 6.07) is 5.96. The second kappa shape index (κ2) is 4.69. The number of carbonyl (C=O) groups is 1. The van der Waals surface area contributed by atoms with E-state index in [1.807, 2.05) is 13.8 Å². The molecule has 0 spiro atoms. The van der Waals surface area contributed by atoms with E-state index in [0.29, 0.717) is 13.0 Å². The van der Waals surface area contributed by atoms with Gasteiger partial charge in [-0.05, 0) is 38.8 Å². The Morgan fingerprint density at radius 1 is 1.44 bits per heavy atom. The van der Waals surface area contributed by atoms with Gasteiger partial charge in [0, 0.05) is 6.54 Å². The summed E-state index contributed by atoms with van der Waals surface area (Å²) in [7, 11) is 0. The molecule has 0 saturated carbocycles. The average Bonchev–Trinajstić information content (AvgIpc) is 2.32. The standard InChI is InChI=1S/C14H18FNO2/c1-14(2)12(17)8-5-9-16(14)13(18)10-6-3-4-7-11(10)15/h3-4,6-7,12,17H,5,8-9H2,1-2H3. The Hall–Kier alpha value is -1.42. The molecule has 1 heterocycles. The molecule has 0 aliphatic carbocycles. The van der Waals surface area contributed by atoms with Crippen molar-refractivity contribution in [3.05, 3.63) is 35.6 Å². The monoisotopic (exact) mass is 251 g/mol. The Morgan fingerprint density at radius 2 is 2.11 bits per heavy atom. The van der Waals surface area contributed by atoms with Gasteiger partial charge in [0.2, 0.25) is 0 Å². The van der Waals surface area contributed by atoms with Crippen molar-refractivity contribution in [2.45, 2.75) is 38.3 Å². The van der Waals surface area contributed by atoms with Gasteiger partial charge in [-0.2, -0.15) is 0 Å². The minimum absolute atomic E-state index is 0.0691. The lowest BCUT2D eigenvalue weighted by atomic mass is 9.86. The van der Waals surface area contributed by atoms with Gasteiger partial charge in [-0.15, -0.1) is 0 Å². The van der Waals surface area contributed by atoms with Crippen LogP contribution < -0.4 is 0 Å². The number of aliphatic hydroxyl groups excluding tert-OH is 1. The van der Waals surface area contributed by atoms with Gasteiger partial charge >= 0.3 is 0 Å². The molecule has 1 N–H and O–H groups in total. The molecule has 1 aliphatic heterocycles. The summed E-state index contributed by atoms with van der Waals surface area (Å²) in [6.07, 6.45) is 0.848. The van der Waals surface area contributed by atoms with E-state index in [2.05, 4.69) is 0 Å². The van der Waals surface area contributed by atoms with Gasteiger partial charge in [0.25, 0.3) is 5.91 Å². The predicted octanol–water partition coefficient (Wildman–Crippen LogP) is 2.20. The van der Waals surface area contributed by atoms with Gasteiger partial charge in [-0.25, -0.2) is 4.39 Å². The predicted molar refractivity (Wildman–Crippen MR) is 66.8 cm³/mol. The van der Waals surface area contributed by atoms with Crippen LogP contribution in [0.4, 0.5) is 4.39 Å². The van der Waals surface area contributed by atoms with Crippen LogP contribution in [0.25, 0.3) is 0 Å². The van der Waals surface area contributed by atoms with E-state index in [-0.39, 0.29) is 11.5 Å². The van der Waals surface area contributed by atoms with Crippen LogP contribution >= 0.6 is 0 Å². The molecule has 1 unspecified atom stereocenters. The lowest BCUT2D eigenvalue weighted by Gasteiger charge is -2.45. The Bertz CT molecular complexity index is 459. The summed E-state index contributed by atoms with van der Waals surface area (Å²) in [6.45, 7) is 4.18. The summed E-state index contributed by atoms with van der Waals surface area (Å²) >= 11 is 0. The van der Waals surface area contributed by atoms with Crippen molar-refractivity contribution in [2.75, 3.05) is 6.54 Å².